The van der Waals surface area contributed by atoms with Crippen molar-refractivity contribution in [3.05, 3.63) is 46.6 Å². The predicted molar refractivity (Wildman–Crippen MR) is 74.6 cm³/mol. The van der Waals surface area contributed by atoms with Crippen LogP contribution in [0.15, 0.2) is 24.3 Å². The summed E-state index contributed by atoms with van der Waals surface area (Å²) in [4.78, 5) is 12.2. The number of aromatic nitrogens is 2. The van der Waals surface area contributed by atoms with Gasteiger partial charge in [-0.1, -0.05) is 0 Å². The molecule has 0 fully saturated rings. The number of alkyl halides is 3. The summed E-state index contributed by atoms with van der Waals surface area (Å²) in [5, 5.41) is 7.08. The highest BCUT2D eigenvalue weighted by molar-refractivity contribution is 6.04. The molecule has 0 spiro atoms. The fourth-order valence-electron chi connectivity index (χ4n) is 2.67. The summed E-state index contributed by atoms with van der Waals surface area (Å²) in [6.07, 6.45) is -1.66. The molecule has 1 aliphatic rings. The Bertz CT molecular complexity index is 717. The van der Waals surface area contributed by atoms with E-state index in [2.05, 4.69) is 10.4 Å². The molecule has 22 heavy (non-hydrogen) atoms. The van der Waals surface area contributed by atoms with Crippen molar-refractivity contribution in [1.29, 1.82) is 0 Å². The first-order chi connectivity index (χ1) is 10.4. The molecule has 3 rings (SSSR count). The monoisotopic (exact) mass is 309 g/mol. The number of anilines is 1. The molecule has 116 valence electrons. The lowest BCUT2D eigenvalue weighted by Gasteiger charge is -2.09. The Morgan fingerprint density at radius 1 is 1.23 bits per heavy atom. The van der Waals surface area contributed by atoms with Gasteiger partial charge in [0.2, 0.25) is 0 Å². The van der Waals surface area contributed by atoms with Crippen molar-refractivity contribution in [3.8, 4) is 0 Å². The molecule has 1 aromatic carbocycles. The van der Waals surface area contributed by atoms with Crippen molar-refractivity contribution in [1.82, 2.24) is 9.78 Å². The van der Waals surface area contributed by atoms with Gasteiger partial charge in [0, 0.05) is 18.2 Å². The van der Waals surface area contributed by atoms with Gasteiger partial charge in [-0.2, -0.15) is 18.3 Å². The molecule has 0 radical (unpaired) electrons. The lowest BCUT2D eigenvalue weighted by atomic mass is 10.1. The number of rotatable bonds is 2. The van der Waals surface area contributed by atoms with E-state index >= 15 is 0 Å². The molecule has 0 atom stereocenters. The zero-order chi connectivity index (χ0) is 15.9. The Morgan fingerprint density at radius 3 is 2.55 bits per heavy atom. The molecule has 0 saturated heterocycles. The van der Waals surface area contributed by atoms with Crippen LogP contribution in [0.1, 0.15) is 33.6 Å². The SMILES string of the molecule is Cn1nc2c(c1NC(=O)c1ccc(C(F)(F)F)cc1)CCC2. The van der Waals surface area contributed by atoms with Gasteiger partial charge in [0.15, 0.2) is 0 Å². The summed E-state index contributed by atoms with van der Waals surface area (Å²) in [5.41, 5.74) is 1.40. The number of hydrogen-bond acceptors (Lipinski definition) is 2. The Hall–Kier alpha value is -2.31. The Kier molecular flexibility index (Phi) is 3.42. The number of benzene rings is 1. The number of aryl methyl sites for hydroxylation is 2. The normalized spacial score (nSPS) is 14.0. The third-order valence-corrected chi connectivity index (χ3v) is 3.78. The summed E-state index contributed by atoms with van der Waals surface area (Å²) < 4.78 is 39.2. The molecule has 1 aromatic heterocycles. The highest BCUT2D eigenvalue weighted by atomic mass is 19.4. The summed E-state index contributed by atoms with van der Waals surface area (Å²) >= 11 is 0. The third kappa shape index (κ3) is 2.58. The van der Waals surface area contributed by atoms with Crippen molar-refractivity contribution < 1.29 is 18.0 Å². The van der Waals surface area contributed by atoms with Gasteiger partial charge in [0.1, 0.15) is 5.82 Å². The number of hydrogen-bond donors (Lipinski definition) is 1. The molecule has 7 heteroatoms. The minimum atomic E-state index is -4.40. The minimum Gasteiger partial charge on any atom is -0.307 e. The fraction of sp³-hybridized carbons (Fsp3) is 0.333. The van der Waals surface area contributed by atoms with Crippen LogP contribution in [0.2, 0.25) is 0 Å². The maximum absolute atomic E-state index is 12.5. The minimum absolute atomic E-state index is 0.181. The van der Waals surface area contributed by atoms with Gasteiger partial charge >= 0.3 is 6.18 Å². The van der Waals surface area contributed by atoms with Crippen molar-refractivity contribution in [2.24, 2.45) is 7.05 Å². The number of amides is 1. The van der Waals surface area contributed by atoms with Crippen molar-refractivity contribution in [2.45, 2.75) is 25.4 Å². The van der Waals surface area contributed by atoms with Crippen LogP contribution in [0.25, 0.3) is 0 Å². The van der Waals surface area contributed by atoms with E-state index in [9.17, 15) is 18.0 Å². The summed E-state index contributed by atoms with van der Waals surface area (Å²) in [6.45, 7) is 0. The molecule has 1 aliphatic carbocycles. The number of carbonyl (C=O) groups is 1. The average Bonchev–Trinajstić information content (AvgIpc) is 3.01. The van der Waals surface area contributed by atoms with Crippen LogP contribution in [-0.2, 0) is 26.1 Å². The lowest BCUT2D eigenvalue weighted by molar-refractivity contribution is -0.137. The molecule has 0 aliphatic heterocycles. The molecule has 1 heterocycles. The maximum Gasteiger partial charge on any atom is 0.416 e. The van der Waals surface area contributed by atoms with Crippen LogP contribution in [0.3, 0.4) is 0 Å². The van der Waals surface area contributed by atoms with Crippen LogP contribution in [0.5, 0.6) is 0 Å². The molecule has 1 amide bonds. The third-order valence-electron chi connectivity index (χ3n) is 3.78. The van der Waals surface area contributed by atoms with E-state index in [4.69, 9.17) is 0 Å². The van der Waals surface area contributed by atoms with Gasteiger partial charge in [-0.25, -0.2) is 0 Å². The second kappa shape index (κ2) is 5.15. The lowest BCUT2D eigenvalue weighted by Crippen LogP contribution is -2.16. The zero-order valence-electron chi connectivity index (χ0n) is 11.9. The molecule has 0 bridgehead atoms. The van der Waals surface area contributed by atoms with E-state index < -0.39 is 17.6 Å². The van der Waals surface area contributed by atoms with Crippen LogP contribution in [0.4, 0.5) is 19.0 Å². The van der Waals surface area contributed by atoms with Gasteiger partial charge in [0.05, 0.1) is 11.3 Å². The second-order valence-corrected chi connectivity index (χ2v) is 5.28. The first kappa shape index (κ1) is 14.6. The van der Waals surface area contributed by atoms with Crippen LogP contribution in [-0.4, -0.2) is 15.7 Å². The molecule has 0 saturated carbocycles. The summed E-state index contributed by atoms with van der Waals surface area (Å²) in [5.74, 6) is 0.184. The largest absolute Gasteiger partial charge is 0.416 e. The van der Waals surface area contributed by atoms with E-state index in [1.165, 1.54) is 12.1 Å². The smallest absolute Gasteiger partial charge is 0.307 e. The number of halogens is 3. The van der Waals surface area contributed by atoms with Crippen LogP contribution in [0, 0.1) is 0 Å². The fourth-order valence-corrected chi connectivity index (χ4v) is 2.67. The van der Waals surface area contributed by atoms with Gasteiger partial charge in [-0.15, -0.1) is 0 Å². The molecule has 1 N–H and O–H groups in total. The van der Waals surface area contributed by atoms with Crippen molar-refractivity contribution >= 4 is 11.7 Å². The van der Waals surface area contributed by atoms with Gasteiger partial charge in [-0.3, -0.25) is 9.48 Å². The van der Waals surface area contributed by atoms with E-state index in [-0.39, 0.29) is 5.56 Å². The summed E-state index contributed by atoms with van der Waals surface area (Å²) in [6, 6.07) is 4.16. The topological polar surface area (TPSA) is 46.9 Å². The molecule has 0 unspecified atom stereocenters. The quantitative estimate of drug-likeness (QED) is 0.926. The van der Waals surface area contributed by atoms with E-state index in [1.54, 1.807) is 11.7 Å². The van der Waals surface area contributed by atoms with Crippen LogP contribution < -0.4 is 5.32 Å². The van der Waals surface area contributed by atoms with E-state index in [0.717, 1.165) is 42.7 Å². The number of fused-ring (bicyclic) bond motifs is 1. The van der Waals surface area contributed by atoms with Gasteiger partial charge in [-0.05, 0) is 43.5 Å². The Morgan fingerprint density at radius 2 is 1.91 bits per heavy atom. The maximum atomic E-state index is 12.5. The number of nitrogens with one attached hydrogen (secondary N) is 1. The van der Waals surface area contributed by atoms with E-state index in [1.807, 2.05) is 0 Å². The van der Waals surface area contributed by atoms with Gasteiger partial charge in [0.25, 0.3) is 5.91 Å². The van der Waals surface area contributed by atoms with Crippen LogP contribution >= 0.6 is 0 Å². The molecular formula is C15H14F3N3O. The summed E-state index contributed by atoms with van der Waals surface area (Å²) in [7, 11) is 1.74. The average molecular weight is 309 g/mol. The standard InChI is InChI=1S/C15H14F3N3O/c1-21-13(11-3-2-4-12(11)20-21)19-14(22)9-5-7-10(8-6-9)15(16,17)18/h5-8H,2-4H2,1H3,(H,19,22). The molecule has 4 nitrogen and oxygen atoms in total. The molecular weight excluding hydrogens is 295 g/mol. The first-order valence-electron chi connectivity index (χ1n) is 6.89. The Balaban J connectivity index is 1.81. The predicted octanol–water partition coefficient (Wildman–Crippen LogP) is 3.18. The number of carbonyl (C=O) groups excluding carboxylic acids is 1. The van der Waals surface area contributed by atoms with Crippen molar-refractivity contribution in [2.75, 3.05) is 5.32 Å². The highest BCUT2D eigenvalue weighted by Crippen LogP contribution is 2.30. The Labute approximate surface area is 124 Å². The first-order valence-corrected chi connectivity index (χ1v) is 6.89. The van der Waals surface area contributed by atoms with Crippen molar-refractivity contribution in [3.63, 3.8) is 0 Å². The molecule has 2 aromatic rings. The van der Waals surface area contributed by atoms with E-state index in [0.29, 0.717) is 5.82 Å². The zero-order valence-corrected chi connectivity index (χ0v) is 11.9. The number of nitrogens with zero attached hydrogens (tertiary/aromatic N) is 2. The second-order valence-electron chi connectivity index (χ2n) is 5.28. The highest BCUT2D eigenvalue weighted by Gasteiger charge is 2.30. The van der Waals surface area contributed by atoms with Gasteiger partial charge < -0.3 is 5.32 Å².